The number of nitrogen functional groups attached to an aromatic ring is 1. The Morgan fingerprint density at radius 2 is 2.05 bits per heavy atom. The zero-order valence-electron chi connectivity index (χ0n) is 11.6. The Balaban J connectivity index is 1.81. The average Bonchev–Trinajstić information content (AvgIpc) is 2.50. The van der Waals surface area contributed by atoms with E-state index in [2.05, 4.69) is 11.4 Å². The summed E-state index contributed by atoms with van der Waals surface area (Å²) < 4.78 is 13.4. The van der Waals surface area contributed by atoms with Crippen molar-refractivity contribution in [1.29, 1.82) is 0 Å². The van der Waals surface area contributed by atoms with E-state index < -0.39 is 5.82 Å². The van der Waals surface area contributed by atoms with Crippen molar-refractivity contribution in [3.63, 3.8) is 0 Å². The molecule has 1 atom stereocenters. The van der Waals surface area contributed by atoms with E-state index in [9.17, 15) is 9.18 Å². The van der Waals surface area contributed by atoms with Gasteiger partial charge in [-0.25, -0.2) is 4.39 Å². The van der Waals surface area contributed by atoms with Gasteiger partial charge in [0.15, 0.2) is 0 Å². The minimum absolute atomic E-state index is 0.0796. The first-order chi connectivity index (χ1) is 10.1. The molecule has 0 bridgehead atoms. The molecule has 0 fully saturated rings. The third kappa shape index (κ3) is 2.75. The number of amides is 1. The molecule has 0 saturated carbocycles. The molecule has 1 amide bonds. The van der Waals surface area contributed by atoms with Crippen LogP contribution in [0.25, 0.3) is 0 Å². The molecule has 0 spiro atoms. The number of nitrogens with two attached hydrogens (primary N) is 1. The van der Waals surface area contributed by atoms with Crippen LogP contribution in [0.1, 0.15) is 29.9 Å². The third-order valence-corrected chi connectivity index (χ3v) is 3.95. The SMILES string of the molecule is Nc1ccc(NC(=O)C2CCCc3ccccc32)cc1F. The first-order valence-corrected chi connectivity index (χ1v) is 7.09. The van der Waals surface area contributed by atoms with Crippen LogP contribution in [0.4, 0.5) is 15.8 Å². The molecule has 0 aliphatic heterocycles. The molecular weight excluding hydrogens is 267 g/mol. The maximum Gasteiger partial charge on any atom is 0.231 e. The highest BCUT2D eigenvalue weighted by Crippen LogP contribution is 2.32. The van der Waals surface area contributed by atoms with E-state index in [0.717, 1.165) is 24.8 Å². The molecule has 2 aromatic carbocycles. The largest absolute Gasteiger partial charge is 0.396 e. The van der Waals surface area contributed by atoms with Gasteiger partial charge in [0.1, 0.15) is 5.82 Å². The number of hydrogen-bond donors (Lipinski definition) is 2. The van der Waals surface area contributed by atoms with Gasteiger partial charge in [-0.1, -0.05) is 24.3 Å². The molecule has 2 aromatic rings. The van der Waals surface area contributed by atoms with Gasteiger partial charge in [0, 0.05) is 5.69 Å². The van der Waals surface area contributed by atoms with Crippen LogP contribution in [0.2, 0.25) is 0 Å². The first kappa shape index (κ1) is 13.6. The van der Waals surface area contributed by atoms with Gasteiger partial charge in [-0.3, -0.25) is 4.79 Å². The number of halogens is 1. The fourth-order valence-corrected chi connectivity index (χ4v) is 2.86. The average molecular weight is 284 g/mol. The van der Waals surface area contributed by atoms with E-state index in [4.69, 9.17) is 5.73 Å². The molecule has 4 heteroatoms. The van der Waals surface area contributed by atoms with Crippen molar-refractivity contribution in [2.75, 3.05) is 11.1 Å². The molecule has 0 radical (unpaired) electrons. The highest BCUT2D eigenvalue weighted by Gasteiger charge is 2.26. The molecule has 0 saturated heterocycles. The zero-order valence-corrected chi connectivity index (χ0v) is 11.6. The molecule has 3 nitrogen and oxygen atoms in total. The maximum atomic E-state index is 13.4. The summed E-state index contributed by atoms with van der Waals surface area (Å²) in [5, 5.41) is 2.79. The van der Waals surface area contributed by atoms with E-state index in [0.29, 0.717) is 5.69 Å². The summed E-state index contributed by atoms with van der Waals surface area (Å²) in [5.41, 5.74) is 8.27. The molecule has 3 rings (SSSR count). The van der Waals surface area contributed by atoms with E-state index in [1.165, 1.54) is 17.7 Å². The summed E-state index contributed by atoms with van der Waals surface area (Å²) in [5.74, 6) is -0.779. The lowest BCUT2D eigenvalue weighted by Crippen LogP contribution is -2.24. The molecule has 21 heavy (non-hydrogen) atoms. The summed E-state index contributed by atoms with van der Waals surface area (Å²) in [6.07, 6.45) is 2.82. The summed E-state index contributed by atoms with van der Waals surface area (Å²) in [7, 11) is 0. The van der Waals surface area contributed by atoms with Gasteiger partial charge >= 0.3 is 0 Å². The fourth-order valence-electron chi connectivity index (χ4n) is 2.86. The van der Waals surface area contributed by atoms with Crippen molar-refractivity contribution >= 4 is 17.3 Å². The number of benzene rings is 2. The van der Waals surface area contributed by atoms with Gasteiger partial charge in [0.05, 0.1) is 11.6 Å². The Kier molecular flexibility index (Phi) is 3.60. The lowest BCUT2D eigenvalue weighted by Gasteiger charge is -2.24. The standard InChI is InChI=1S/C17H17FN2O/c18-15-10-12(8-9-16(15)19)20-17(21)14-7-3-5-11-4-1-2-6-13(11)14/h1-2,4,6,8-10,14H,3,5,7,19H2,(H,20,21). The Labute approximate surface area is 123 Å². The first-order valence-electron chi connectivity index (χ1n) is 7.09. The van der Waals surface area contributed by atoms with Crippen LogP contribution < -0.4 is 11.1 Å². The van der Waals surface area contributed by atoms with Gasteiger partial charge in [0.2, 0.25) is 5.91 Å². The van der Waals surface area contributed by atoms with Crippen LogP contribution in [0.15, 0.2) is 42.5 Å². The van der Waals surface area contributed by atoms with Gasteiger partial charge in [-0.05, 0) is 48.6 Å². The fraction of sp³-hybridized carbons (Fsp3) is 0.235. The Hall–Kier alpha value is -2.36. The summed E-state index contributed by atoms with van der Waals surface area (Å²) in [6.45, 7) is 0. The minimum atomic E-state index is -0.517. The smallest absolute Gasteiger partial charge is 0.231 e. The molecular formula is C17H17FN2O. The quantitative estimate of drug-likeness (QED) is 0.830. The van der Waals surface area contributed by atoms with Gasteiger partial charge in [0.25, 0.3) is 0 Å². The van der Waals surface area contributed by atoms with E-state index >= 15 is 0 Å². The Morgan fingerprint density at radius 1 is 1.24 bits per heavy atom. The van der Waals surface area contributed by atoms with Crippen molar-refractivity contribution in [2.45, 2.75) is 25.2 Å². The Morgan fingerprint density at radius 3 is 2.86 bits per heavy atom. The van der Waals surface area contributed by atoms with Crippen LogP contribution in [0.5, 0.6) is 0 Å². The van der Waals surface area contributed by atoms with Gasteiger partial charge < -0.3 is 11.1 Å². The monoisotopic (exact) mass is 284 g/mol. The predicted molar refractivity (Wildman–Crippen MR) is 81.6 cm³/mol. The van der Waals surface area contributed by atoms with Crippen molar-refractivity contribution in [3.05, 3.63) is 59.4 Å². The van der Waals surface area contributed by atoms with Crippen LogP contribution in [-0.2, 0) is 11.2 Å². The number of hydrogen-bond acceptors (Lipinski definition) is 2. The number of fused-ring (bicyclic) bond motifs is 1. The van der Waals surface area contributed by atoms with Crippen LogP contribution >= 0.6 is 0 Å². The minimum Gasteiger partial charge on any atom is -0.396 e. The van der Waals surface area contributed by atoms with Crippen LogP contribution in [-0.4, -0.2) is 5.91 Å². The maximum absolute atomic E-state index is 13.4. The molecule has 1 unspecified atom stereocenters. The second kappa shape index (κ2) is 5.56. The summed E-state index contributed by atoms with van der Waals surface area (Å²) >= 11 is 0. The molecule has 1 aliphatic carbocycles. The van der Waals surface area contributed by atoms with Crippen LogP contribution in [0, 0.1) is 5.82 Å². The second-order valence-electron chi connectivity index (χ2n) is 5.37. The van der Waals surface area contributed by atoms with Crippen molar-refractivity contribution < 1.29 is 9.18 Å². The second-order valence-corrected chi connectivity index (χ2v) is 5.37. The predicted octanol–water partition coefficient (Wildman–Crippen LogP) is 3.47. The van der Waals surface area contributed by atoms with E-state index in [-0.39, 0.29) is 17.5 Å². The van der Waals surface area contributed by atoms with Gasteiger partial charge in [-0.2, -0.15) is 0 Å². The van der Waals surface area contributed by atoms with Gasteiger partial charge in [-0.15, -0.1) is 0 Å². The number of carbonyl (C=O) groups is 1. The molecule has 3 N–H and O–H groups in total. The van der Waals surface area contributed by atoms with Crippen molar-refractivity contribution in [3.8, 4) is 0 Å². The summed E-state index contributed by atoms with van der Waals surface area (Å²) in [4.78, 5) is 12.5. The van der Waals surface area contributed by atoms with E-state index in [1.54, 1.807) is 6.07 Å². The number of aryl methyl sites for hydroxylation is 1. The van der Waals surface area contributed by atoms with Crippen LogP contribution in [0.3, 0.4) is 0 Å². The number of nitrogens with one attached hydrogen (secondary N) is 1. The third-order valence-electron chi connectivity index (χ3n) is 3.95. The highest BCUT2D eigenvalue weighted by molar-refractivity contribution is 5.96. The zero-order chi connectivity index (χ0) is 14.8. The highest BCUT2D eigenvalue weighted by atomic mass is 19.1. The molecule has 0 aromatic heterocycles. The van der Waals surface area contributed by atoms with E-state index in [1.807, 2.05) is 18.2 Å². The number of carbonyl (C=O) groups excluding carboxylic acids is 1. The lowest BCUT2D eigenvalue weighted by molar-refractivity contribution is -0.117. The summed E-state index contributed by atoms with van der Waals surface area (Å²) in [6, 6.07) is 12.3. The molecule has 1 aliphatic rings. The van der Waals surface area contributed by atoms with Crippen molar-refractivity contribution in [1.82, 2.24) is 0 Å². The molecule has 108 valence electrons. The number of anilines is 2. The topological polar surface area (TPSA) is 55.1 Å². The molecule has 0 heterocycles. The Bertz CT molecular complexity index is 684. The van der Waals surface area contributed by atoms with Crippen molar-refractivity contribution in [2.24, 2.45) is 0 Å². The number of rotatable bonds is 2. The lowest BCUT2D eigenvalue weighted by atomic mass is 9.82. The normalized spacial score (nSPS) is 17.1.